The highest BCUT2D eigenvalue weighted by molar-refractivity contribution is 6.30. The number of hydrogen-bond acceptors (Lipinski definition) is 3. The first-order valence-corrected chi connectivity index (χ1v) is 8.68. The molecule has 26 heavy (non-hydrogen) atoms. The minimum Gasteiger partial charge on any atom is -0.480 e. The van der Waals surface area contributed by atoms with Gasteiger partial charge in [-0.2, -0.15) is 0 Å². The molecule has 0 aliphatic carbocycles. The molecule has 0 heterocycles. The Morgan fingerprint density at radius 3 is 2.31 bits per heavy atom. The molecule has 0 saturated carbocycles. The fraction of sp³-hybridized carbons (Fsp3) is 0.238. The molecular weight excluding hydrogens is 350 g/mol. The molecule has 2 aromatic carbocycles. The number of nitrogens with one attached hydrogen (secondary N) is 1. The van der Waals surface area contributed by atoms with E-state index in [4.69, 9.17) is 16.3 Å². The average Bonchev–Trinajstić information content (AvgIpc) is 2.62. The maximum Gasteiger partial charge on any atom is 0.251 e. The van der Waals surface area contributed by atoms with Crippen LogP contribution in [-0.4, -0.2) is 23.8 Å². The monoisotopic (exact) mass is 371 g/mol. The van der Waals surface area contributed by atoms with Crippen LogP contribution in [0.25, 0.3) is 0 Å². The topological polar surface area (TPSA) is 55.4 Å². The van der Waals surface area contributed by atoms with E-state index < -0.39 is 5.60 Å². The molecule has 0 atom stereocenters. The van der Waals surface area contributed by atoms with Gasteiger partial charge < -0.3 is 10.1 Å². The molecule has 5 heteroatoms. The first-order valence-electron chi connectivity index (χ1n) is 8.30. The number of ketones is 1. The summed E-state index contributed by atoms with van der Waals surface area (Å²) in [6.45, 7) is 7.41. The lowest BCUT2D eigenvalue weighted by Crippen LogP contribution is -2.36. The zero-order valence-electron chi connectivity index (χ0n) is 14.9. The predicted octanol–water partition coefficient (Wildman–Crippen LogP) is 4.23. The molecule has 0 aliphatic rings. The molecule has 1 amide bonds. The Kier molecular flexibility index (Phi) is 6.58. The Balaban J connectivity index is 1.85. The lowest BCUT2D eigenvalue weighted by Gasteiger charge is -2.23. The van der Waals surface area contributed by atoms with E-state index in [2.05, 4.69) is 11.9 Å². The summed E-state index contributed by atoms with van der Waals surface area (Å²) < 4.78 is 5.72. The maximum absolute atomic E-state index is 12.0. The van der Waals surface area contributed by atoms with Crippen LogP contribution >= 0.6 is 11.6 Å². The zero-order chi connectivity index (χ0) is 19.2. The van der Waals surface area contributed by atoms with E-state index in [1.165, 1.54) is 6.08 Å². The summed E-state index contributed by atoms with van der Waals surface area (Å²) in [5.41, 5.74) is 0.685. The number of benzene rings is 2. The summed E-state index contributed by atoms with van der Waals surface area (Å²) in [4.78, 5) is 23.8. The van der Waals surface area contributed by atoms with Gasteiger partial charge >= 0.3 is 0 Å². The van der Waals surface area contributed by atoms with Gasteiger partial charge in [0, 0.05) is 17.1 Å². The van der Waals surface area contributed by atoms with Crippen molar-refractivity contribution in [2.75, 3.05) is 6.54 Å². The van der Waals surface area contributed by atoms with Crippen LogP contribution in [0.3, 0.4) is 0 Å². The van der Waals surface area contributed by atoms with Crippen molar-refractivity contribution in [1.82, 2.24) is 5.32 Å². The Labute approximate surface area is 158 Å². The summed E-state index contributed by atoms with van der Waals surface area (Å²) in [6, 6.07) is 14.2. The fourth-order valence-corrected chi connectivity index (χ4v) is 2.46. The van der Waals surface area contributed by atoms with Crippen LogP contribution in [0.2, 0.25) is 5.02 Å². The predicted molar refractivity (Wildman–Crippen MR) is 104 cm³/mol. The van der Waals surface area contributed by atoms with E-state index in [0.717, 1.165) is 5.56 Å². The van der Waals surface area contributed by atoms with Crippen LogP contribution in [-0.2, 0) is 11.2 Å². The van der Waals surface area contributed by atoms with Gasteiger partial charge in [0.25, 0.3) is 5.91 Å². The Bertz CT molecular complexity index is 780. The number of halogens is 1. The van der Waals surface area contributed by atoms with Crippen molar-refractivity contribution in [3.05, 3.63) is 77.3 Å². The van der Waals surface area contributed by atoms with Crippen molar-refractivity contribution in [1.29, 1.82) is 0 Å². The molecule has 0 unspecified atom stereocenters. The molecule has 2 rings (SSSR count). The summed E-state index contributed by atoms with van der Waals surface area (Å²) in [7, 11) is 0. The second-order valence-electron chi connectivity index (χ2n) is 6.34. The van der Waals surface area contributed by atoms with Gasteiger partial charge in [-0.3, -0.25) is 9.59 Å². The highest BCUT2D eigenvalue weighted by atomic mass is 35.5. The Morgan fingerprint density at radius 1 is 1.12 bits per heavy atom. The van der Waals surface area contributed by atoms with Crippen molar-refractivity contribution in [2.24, 2.45) is 0 Å². The van der Waals surface area contributed by atoms with Crippen LogP contribution in [0, 0.1) is 0 Å². The molecular formula is C21H22ClNO3. The molecule has 0 spiro atoms. The van der Waals surface area contributed by atoms with Gasteiger partial charge in [-0.1, -0.05) is 30.3 Å². The highest BCUT2D eigenvalue weighted by Crippen LogP contribution is 2.20. The van der Waals surface area contributed by atoms with Gasteiger partial charge in [0.1, 0.15) is 5.75 Å². The van der Waals surface area contributed by atoms with Gasteiger partial charge in [-0.05, 0) is 68.3 Å². The Morgan fingerprint density at radius 2 is 1.73 bits per heavy atom. The van der Waals surface area contributed by atoms with Gasteiger partial charge in [0.05, 0.1) is 0 Å². The van der Waals surface area contributed by atoms with Crippen LogP contribution in [0.4, 0.5) is 0 Å². The number of hydrogen-bond donors (Lipinski definition) is 1. The minimum absolute atomic E-state index is 0.133. The summed E-state index contributed by atoms with van der Waals surface area (Å²) in [5, 5.41) is 3.47. The molecule has 136 valence electrons. The second-order valence-corrected chi connectivity index (χ2v) is 6.77. The standard InChI is InChI=1S/C21H22ClNO3/c1-4-19(24)21(2,3)26-18-11-5-15(6-12-18)13-14-23-20(25)16-7-9-17(22)10-8-16/h4-12H,1,13-14H2,2-3H3,(H,23,25). The third-order valence-corrected chi connectivity index (χ3v) is 4.13. The number of carbonyl (C=O) groups excluding carboxylic acids is 2. The minimum atomic E-state index is -0.949. The molecule has 2 aromatic rings. The van der Waals surface area contributed by atoms with E-state index in [-0.39, 0.29) is 11.7 Å². The summed E-state index contributed by atoms with van der Waals surface area (Å²) in [5.74, 6) is 0.303. The third kappa shape index (κ3) is 5.46. The van der Waals surface area contributed by atoms with Crippen LogP contribution in [0.1, 0.15) is 29.8 Å². The quantitative estimate of drug-likeness (QED) is 0.706. The molecule has 0 radical (unpaired) electrons. The molecule has 0 fully saturated rings. The van der Waals surface area contributed by atoms with E-state index >= 15 is 0 Å². The van der Waals surface area contributed by atoms with Crippen molar-refractivity contribution in [3.8, 4) is 5.75 Å². The normalized spacial score (nSPS) is 10.9. The van der Waals surface area contributed by atoms with Crippen molar-refractivity contribution in [3.63, 3.8) is 0 Å². The molecule has 0 aliphatic heterocycles. The van der Waals surface area contributed by atoms with Crippen LogP contribution < -0.4 is 10.1 Å². The van der Waals surface area contributed by atoms with E-state index in [1.807, 2.05) is 24.3 Å². The van der Waals surface area contributed by atoms with Gasteiger partial charge in [0.15, 0.2) is 11.4 Å². The molecule has 0 bridgehead atoms. The van der Waals surface area contributed by atoms with E-state index in [0.29, 0.717) is 29.3 Å². The number of ether oxygens (including phenoxy) is 1. The van der Waals surface area contributed by atoms with E-state index in [1.54, 1.807) is 38.1 Å². The van der Waals surface area contributed by atoms with Crippen molar-refractivity contribution in [2.45, 2.75) is 25.9 Å². The number of rotatable bonds is 8. The van der Waals surface area contributed by atoms with Gasteiger partial charge in [-0.25, -0.2) is 0 Å². The molecule has 0 aromatic heterocycles. The maximum atomic E-state index is 12.0. The van der Waals surface area contributed by atoms with Gasteiger partial charge in [-0.15, -0.1) is 0 Å². The summed E-state index contributed by atoms with van der Waals surface area (Å²) in [6.07, 6.45) is 1.95. The lowest BCUT2D eigenvalue weighted by atomic mass is 10.0. The third-order valence-electron chi connectivity index (χ3n) is 3.88. The first-order chi connectivity index (χ1) is 12.3. The second kappa shape index (κ2) is 8.68. The average molecular weight is 372 g/mol. The molecule has 4 nitrogen and oxygen atoms in total. The zero-order valence-corrected chi connectivity index (χ0v) is 15.7. The lowest BCUT2D eigenvalue weighted by molar-refractivity contribution is -0.126. The van der Waals surface area contributed by atoms with Crippen LogP contribution in [0.15, 0.2) is 61.2 Å². The molecule has 1 N–H and O–H groups in total. The van der Waals surface area contributed by atoms with Crippen LogP contribution in [0.5, 0.6) is 5.75 Å². The summed E-state index contributed by atoms with van der Waals surface area (Å²) >= 11 is 5.81. The smallest absolute Gasteiger partial charge is 0.251 e. The van der Waals surface area contributed by atoms with Crippen molar-refractivity contribution >= 4 is 23.3 Å². The van der Waals surface area contributed by atoms with Crippen molar-refractivity contribution < 1.29 is 14.3 Å². The van der Waals surface area contributed by atoms with E-state index in [9.17, 15) is 9.59 Å². The SMILES string of the molecule is C=CC(=O)C(C)(C)Oc1ccc(CCNC(=O)c2ccc(Cl)cc2)cc1. The number of amides is 1. The highest BCUT2D eigenvalue weighted by Gasteiger charge is 2.27. The molecule has 0 saturated heterocycles. The first kappa shape index (κ1) is 19.7. The number of carbonyl (C=O) groups is 2. The fourth-order valence-electron chi connectivity index (χ4n) is 2.34. The largest absolute Gasteiger partial charge is 0.480 e. The van der Waals surface area contributed by atoms with Gasteiger partial charge in [0.2, 0.25) is 0 Å². The Hall–Kier alpha value is -2.59.